The van der Waals surface area contributed by atoms with Gasteiger partial charge in [-0.1, -0.05) is 25.7 Å². The molecule has 1 saturated carbocycles. The van der Waals surface area contributed by atoms with E-state index in [-0.39, 0.29) is 0 Å². The van der Waals surface area contributed by atoms with Gasteiger partial charge in [-0.2, -0.15) is 0 Å². The number of hydrogen-bond donors (Lipinski definition) is 2. The third kappa shape index (κ3) is 8.31. The van der Waals surface area contributed by atoms with Crippen molar-refractivity contribution >= 4 is 5.96 Å². The zero-order valence-corrected chi connectivity index (χ0v) is 15.2. The summed E-state index contributed by atoms with van der Waals surface area (Å²) in [5, 5.41) is 6.63. The Labute approximate surface area is 146 Å². The molecule has 1 unspecified atom stereocenters. The van der Waals surface area contributed by atoms with Gasteiger partial charge in [-0.15, -0.1) is 0 Å². The molecule has 0 spiro atoms. The minimum atomic E-state index is 0.295. The number of hydrogen-bond acceptors (Lipinski definition) is 4. The maximum Gasteiger partial charge on any atom is 0.191 e. The number of rotatable bonds is 9. The lowest BCUT2D eigenvalue weighted by Gasteiger charge is -2.17. The van der Waals surface area contributed by atoms with E-state index in [4.69, 9.17) is 14.2 Å². The van der Waals surface area contributed by atoms with Gasteiger partial charge in [-0.05, 0) is 25.7 Å². The maximum absolute atomic E-state index is 5.98. The van der Waals surface area contributed by atoms with Crippen LogP contribution in [0.4, 0.5) is 0 Å². The number of ether oxygens (including phenoxy) is 3. The first-order valence-corrected chi connectivity index (χ1v) is 9.64. The summed E-state index contributed by atoms with van der Waals surface area (Å²) in [5.74, 6) is 0.837. The Morgan fingerprint density at radius 2 is 1.71 bits per heavy atom. The van der Waals surface area contributed by atoms with Crippen LogP contribution in [-0.2, 0) is 14.2 Å². The fourth-order valence-electron chi connectivity index (χ4n) is 3.20. The van der Waals surface area contributed by atoms with Gasteiger partial charge in [0, 0.05) is 33.4 Å². The largest absolute Gasteiger partial charge is 0.379 e. The minimum Gasteiger partial charge on any atom is -0.379 e. The Balaban J connectivity index is 1.44. The van der Waals surface area contributed by atoms with Gasteiger partial charge in [0.15, 0.2) is 5.96 Å². The molecule has 24 heavy (non-hydrogen) atoms. The van der Waals surface area contributed by atoms with Crippen molar-refractivity contribution in [1.29, 1.82) is 0 Å². The quantitative estimate of drug-likeness (QED) is 0.291. The fraction of sp³-hybridized carbons (Fsp3) is 0.944. The smallest absolute Gasteiger partial charge is 0.191 e. The molecule has 1 aliphatic heterocycles. The summed E-state index contributed by atoms with van der Waals surface area (Å²) in [4.78, 5) is 4.24. The predicted octanol–water partition coefficient (Wildman–Crippen LogP) is 2.09. The Morgan fingerprint density at radius 3 is 2.42 bits per heavy atom. The maximum atomic E-state index is 5.98. The third-order valence-corrected chi connectivity index (χ3v) is 4.63. The standard InChI is InChI=1S/C18H35N3O3/c1-19-18(20-10-6-12-23-17-9-13-22-15-17)21-11-14-24-16-7-4-2-3-5-8-16/h16-17H,2-15H2,1H3,(H2,19,20,21). The van der Waals surface area contributed by atoms with Gasteiger partial charge in [0.1, 0.15) is 0 Å². The van der Waals surface area contributed by atoms with Crippen LogP contribution in [0.1, 0.15) is 51.4 Å². The first-order chi connectivity index (χ1) is 11.9. The molecule has 2 fully saturated rings. The van der Waals surface area contributed by atoms with Crippen LogP contribution in [0.3, 0.4) is 0 Å². The molecular weight excluding hydrogens is 306 g/mol. The molecule has 2 aliphatic rings. The molecule has 140 valence electrons. The third-order valence-electron chi connectivity index (χ3n) is 4.63. The van der Waals surface area contributed by atoms with E-state index in [1.807, 2.05) is 0 Å². The molecule has 1 heterocycles. The fourth-order valence-corrected chi connectivity index (χ4v) is 3.20. The van der Waals surface area contributed by atoms with E-state index in [2.05, 4.69) is 15.6 Å². The number of aliphatic imine (C=N–C) groups is 1. The average Bonchev–Trinajstić information content (AvgIpc) is 2.98. The summed E-state index contributed by atoms with van der Waals surface area (Å²) in [6.45, 7) is 4.75. The summed E-state index contributed by atoms with van der Waals surface area (Å²) < 4.78 is 17.0. The summed E-state index contributed by atoms with van der Waals surface area (Å²) in [5.41, 5.74) is 0. The molecule has 1 saturated heterocycles. The van der Waals surface area contributed by atoms with E-state index in [1.54, 1.807) is 7.05 Å². The Kier molecular flexibility index (Phi) is 10.1. The molecule has 2 N–H and O–H groups in total. The monoisotopic (exact) mass is 341 g/mol. The Morgan fingerprint density at radius 1 is 0.958 bits per heavy atom. The van der Waals surface area contributed by atoms with Crippen molar-refractivity contribution < 1.29 is 14.2 Å². The molecular formula is C18H35N3O3. The highest BCUT2D eigenvalue weighted by Gasteiger charge is 2.15. The lowest BCUT2D eigenvalue weighted by atomic mass is 10.1. The van der Waals surface area contributed by atoms with E-state index in [9.17, 15) is 0 Å². The summed E-state index contributed by atoms with van der Waals surface area (Å²) in [7, 11) is 1.80. The molecule has 0 aromatic carbocycles. The second-order valence-electron chi connectivity index (χ2n) is 6.62. The van der Waals surface area contributed by atoms with Gasteiger partial charge in [0.25, 0.3) is 0 Å². The molecule has 6 nitrogen and oxygen atoms in total. The normalized spacial score (nSPS) is 23.2. The molecule has 0 aromatic heterocycles. The van der Waals surface area contributed by atoms with Crippen molar-refractivity contribution in [2.45, 2.75) is 63.6 Å². The molecule has 0 aromatic rings. The number of nitrogens with one attached hydrogen (secondary N) is 2. The highest BCUT2D eigenvalue weighted by atomic mass is 16.5. The second-order valence-corrected chi connectivity index (χ2v) is 6.62. The van der Waals surface area contributed by atoms with Crippen LogP contribution in [0.15, 0.2) is 4.99 Å². The van der Waals surface area contributed by atoms with Crippen LogP contribution in [-0.4, -0.2) is 64.7 Å². The van der Waals surface area contributed by atoms with E-state index in [0.29, 0.717) is 12.2 Å². The SMILES string of the molecule is CN=C(NCCCOC1CCOC1)NCCOC1CCCCCC1. The van der Waals surface area contributed by atoms with Crippen LogP contribution in [0.2, 0.25) is 0 Å². The van der Waals surface area contributed by atoms with E-state index in [1.165, 1.54) is 38.5 Å². The van der Waals surface area contributed by atoms with E-state index >= 15 is 0 Å². The zero-order chi connectivity index (χ0) is 16.9. The molecule has 0 amide bonds. The average molecular weight is 341 g/mol. The highest BCUT2D eigenvalue weighted by Crippen LogP contribution is 2.19. The molecule has 1 atom stereocenters. The Hall–Kier alpha value is -0.850. The second kappa shape index (κ2) is 12.5. The van der Waals surface area contributed by atoms with Crippen LogP contribution in [0.25, 0.3) is 0 Å². The molecule has 2 rings (SSSR count). The first kappa shape index (κ1) is 19.5. The van der Waals surface area contributed by atoms with Gasteiger partial charge in [-0.3, -0.25) is 4.99 Å². The van der Waals surface area contributed by atoms with Gasteiger partial charge in [-0.25, -0.2) is 0 Å². The number of guanidine groups is 1. The van der Waals surface area contributed by atoms with Crippen molar-refractivity contribution in [3.05, 3.63) is 0 Å². The summed E-state index contributed by atoms with van der Waals surface area (Å²) in [6, 6.07) is 0. The van der Waals surface area contributed by atoms with Crippen LogP contribution < -0.4 is 10.6 Å². The van der Waals surface area contributed by atoms with Gasteiger partial charge in [0.2, 0.25) is 0 Å². The van der Waals surface area contributed by atoms with Crippen LogP contribution >= 0.6 is 0 Å². The van der Waals surface area contributed by atoms with E-state index in [0.717, 1.165) is 58.3 Å². The molecule has 0 radical (unpaired) electrons. The van der Waals surface area contributed by atoms with Crippen molar-refractivity contribution in [2.24, 2.45) is 4.99 Å². The predicted molar refractivity (Wildman–Crippen MR) is 96.6 cm³/mol. The van der Waals surface area contributed by atoms with Crippen molar-refractivity contribution in [3.63, 3.8) is 0 Å². The van der Waals surface area contributed by atoms with Crippen molar-refractivity contribution in [3.8, 4) is 0 Å². The van der Waals surface area contributed by atoms with Crippen LogP contribution in [0.5, 0.6) is 0 Å². The number of nitrogens with zero attached hydrogens (tertiary/aromatic N) is 1. The molecule has 0 bridgehead atoms. The van der Waals surface area contributed by atoms with Gasteiger partial charge < -0.3 is 24.8 Å². The minimum absolute atomic E-state index is 0.295. The zero-order valence-electron chi connectivity index (χ0n) is 15.2. The summed E-state index contributed by atoms with van der Waals surface area (Å²) >= 11 is 0. The highest BCUT2D eigenvalue weighted by molar-refractivity contribution is 5.79. The van der Waals surface area contributed by atoms with E-state index < -0.39 is 0 Å². The summed E-state index contributed by atoms with van der Waals surface area (Å²) in [6.07, 6.45) is 10.6. The lowest BCUT2D eigenvalue weighted by molar-refractivity contribution is 0.0419. The van der Waals surface area contributed by atoms with Gasteiger partial charge in [0.05, 0.1) is 25.4 Å². The molecule has 1 aliphatic carbocycles. The topological polar surface area (TPSA) is 64.1 Å². The van der Waals surface area contributed by atoms with Crippen molar-refractivity contribution in [2.75, 3.05) is 46.6 Å². The Bertz CT molecular complexity index is 338. The van der Waals surface area contributed by atoms with Gasteiger partial charge >= 0.3 is 0 Å². The van der Waals surface area contributed by atoms with Crippen LogP contribution in [0, 0.1) is 0 Å². The first-order valence-electron chi connectivity index (χ1n) is 9.64. The molecule has 6 heteroatoms. The van der Waals surface area contributed by atoms with Crippen molar-refractivity contribution in [1.82, 2.24) is 10.6 Å². The lowest BCUT2D eigenvalue weighted by Crippen LogP contribution is -2.40.